The molecule has 3 heterocycles. The van der Waals surface area contributed by atoms with Crippen molar-refractivity contribution in [3.8, 4) is 11.1 Å². The summed E-state index contributed by atoms with van der Waals surface area (Å²) < 4.78 is 2.12. The molecular formula is C25H26N4OS2. The third-order valence-corrected chi connectivity index (χ3v) is 8.05. The molecule has 7 heteroatoms. The Labute approximate surface area is 197 Å². The molecule has 32 heavy (non-hydrogen) atoms. The van der Waals surface area contributed by atoms with E-state index in [1.807, 2.05) is 45.9 Å². The molecular weight excluding hydrogens is 436 g/mol. The molecule has 3 aromatic rings. The average Bonchev–Trinajstić information content (AvgIpc) is 3.35. The molecule has 1 amide bonds. The predicted molar refractivity (Wildman–Crippen MR) is 134 cm³/mol. The van der Waals surface area contributed by atoms with Gasteiger partial charge in [0, 0.05) is 22.0 Å². The minimum Gasteiger partial charge on any atom is -0.357 e. The van der Waals surface area contributed by atoms with Crippen molar-refractivity contribution in [3.05, 3.63) is 73.8 Å². The first-order valence-corrected chi connectivity index (χ1v) is 12.3. The maximum atomic E-state index is 12.6. The number of amides is 1. The predicted octanol–water partition coefficient (Wildman–Crippen LogP) is 5.81. The van der Waals surface area contributed by atoms with Gasteiger partial charge in [-0.25, -0.2) is 0 Å². The van der Waals surface area contributed by atoms with Crippen molar-refractivity contribution in [2.75, 3.05) is 5.32 Å². The minimum atomic E-state index is -0.211. The zero-order valence-corrected chi connectivity index (χ0v) is 20.5. The lowest BCUT2D eigenvalue weighted by Gasteiger charge is -2.12. The molecule has 2 aromatic heterocycles. The van der Waals surface area contributed by atoms with Crippen molar-refractivity contribution in [2.24, 2.45) is 0 Å². The fraction of sp³-hybridized carbons (Fsp3) is 0.280. The first-order valence-electron chi connectivity index (χ1n) is 10.6. The number of hydrogen-bond donors (Lipinski definition) is 2. The molecule has 1 unspecified atom stereocenters. The normalized spacial score (nSPS) is 16.9. The summed E-state index contributed by atoms with van der Waals surface area (Å²) in [5.74, 6) is -0.0805. The number of rotatable bonds is 5. The summed E-state index contributed by atoms with van der Waals surface area (Å²) >= 11 is 3.12. The summed E-state index contributed by atoms with van der Waals surface area (Å²) in [5.41, 5.74) is 6.86. The van der Waals surface area contributed by atoms with Crippen LogP contribution in [0.2, 0.25) is 0 Å². The lowest BCUT2D eigenvalue weighted by Crippen LogP contribution is -2.30. The molecule has 2 N–H and O–H groups in total. The van der Waals surface area contributed by atoms with E-state index in [1.165, 1.54) is 17.3 Å². The van der Waals surface area contributed by atoms with Gasteiger partial charge < -0.3 is 15.2 Å². The Kier molecular flexibility index (Phi) is 6.18. The van der Waals surface area contributed by atoms with E-state index >= 15 is 0 Å². The number of benzene rings is 1. The molecule has 0 saturated carbocycles. The maximum absolute atomic E-state index is 12.6. The van der Waals surface area contributed by atoms with Crippen LogP contribution in [0.15, 0.2) is 35.2 Å². The van der Waals surface area contributed by atoms with Crippen molar-refractivity contribution in [1.29, 1.82) is 5.26 Å². The largest absolute Gasteiger partial charge is 0.357 e. The third kappa shape index (κ3) is 4.08. The van der Waals surface area contributed by atoms with E-state index in [1.54, 1.807) is 11.3 Å². The average molecular weight is 463 g/mol. The van der Waals surface area contributed by atoms with Gasteiger partial charge in [0.15, 0.2) is 5.50 Å². The Morgan fingerprint density at radius 1 is 1.22 bits per heavy atom. The van der Waals surface area contributed by atoms with Crippen LogP contribution in [-0.2, 0) is 11.2 Å². The second-order valence-electron chi connectivity index (χ2n) is 7.91. The standard InChI is InChI=1S/C25H26N4OS2/c1-6-18-7-9-20(10-8-18)27-25-28-23(30)22(32-25)12-19-11-14(2)29(16(19)4)24-21(13-26)15(3)17(5)31-24/h7-12,25,27H,6H2,1-5H3,(H,28,30)/b22-12-. The highest BCUT2D eigenvalue weighted by molar-refractivity contribution is 8.05. The van der Waals surface area contributed by atoms with Crippen molar-refractivity contribution in [3.63, 3.8) is 0 Å². The first-order chi connectivity index (χ1) is 15.3. The van der Waals surface area contributed by atoms with Gasteiger partial charge in [-0.05, 0) is 75.1 Å². The van der Waals surface area contributed by atoms with Crippen molar-refractivity contribution >= 4 is 40.8 Å². The van der Waals surface area contributed by atoms with E-state index in [4.69, 9.17) is 0 Å². The van der Waals surface area contributed by atoms with Crippen molar-refractivity contribution < 1.29 is 4.79 Å². The number of nitriles is 1. The molecule has 1 aliphatic heterocycles. The van der Waals surface area contributed by atoms with Gasteiger partial charge in [0.25, 0.3) is 5.91 Å². The van der Waals surface area contributed by atoms with Crippen LogP contribution in [0.3, 0.4) is 0 Å². The third-order valence-electron chi connectivity index (χ3n) is 5.83. The monoisotopic (exact) mass is 462 g/mol. The molecule has 1 aliphatic rings. The zero-order chi connectivity index (χ0) is 23.0. The molecule has 4 rings (SSSR count). The number of aryl methyl sites for hydroxylation is 3. The minimum absolute atomic E-state index is 0.0805. The second kappa shape index (κ2) is 8.89. The summed E-state index contributed by atoms with van der Waals surface area (Å²) in [6.07, 6.45) is 2.95. The van der Waals surface area contributed by atoms with Crippen LogP contribution in [0.1, 0.15) is 45.4 Å². The molecule has 164 valence electrons. The van der Waals surface area contributed by atoms with Crippen LogP contribution in [0.5, 0.6) is 0 Å². The summed E-state index contributed by atoms with van der Waals surface area (Å²) in [6, 6.07) is 12.7. The number of hydrogen-bond acceptors (Lipinski definition) is 5. The molecule has 1 fully saturated rings. The van der Waals surface area contributed by atoms with Crippen LogP contribution in [-0.4, -0.2) is 16.0 Å². The van der Waals surface area contributed by atoms with Crippen LogP contribution in [0.25, 0.3) is 11.1 Å². The Balaban J connectivity index is 1.59. The highest BCUT2D eigenvalue weighted by atomic mass is 32.2. The second-order valence-corrected chi connectivity index (χ2v) is 10.3. The molecule has 0 spiro atoms. The molecule has 5 nitrogen and oxygen atoms in total. The van der Waals surface area contributed by atoms with Gasteiger partial charge in [0.05, 0.1) is 10.5 Å². The van der Waals surface area contributed by atoms with Gasteiger partial charge in [0.1, 0.15) is 11.1 Å². The highest BCUT2D eigenvalue weighted by Crippen LogP contribution is 2.35. The Bertz CT molecular complexity index is 1260. The Morgan fingerprint density at radius 2 is 1.94 bits per heavy atom. The van der Waals surface area contributed by atoms with Gasteiger partial charge in [-0.2, -0.15) is 5.26 Å². The lowest BCUT2D eigenvalue weighted by atomic mass is 10.1. The van der Waals surface area contributed by atoms with Crippen LogP contribution >= 0.6 is 23.1 Å². The fourth-order valence-corrected chi connectivity index (χ4v) is 6.03. The fourth-order valence-electron chi connectivity index (χ4n) is 3.84. The Hall–Kier alpha value is -2.95. The summed E-state index contributed by atoms with van der Waals surface area (Å²) in [7, 11) is 0. The van der Waals surface area contributed by atoms with Crippen LogP contribution in [0, 0.1) is 39.0 Å². The number of anilines is 1. The van der Waals surface area contributed by atoms with Gasteiger partial charge in [-0.15, -0.1) is 11.3 Å². The number of nitrogens with one attached hydrogen (secondary N) is 2. The number of thioether (sulfide) groups is 1. The molecule has 0 bridgehead atoms. The van der Waals surface area contributed by atoms with Gasteiger partial charge >= 0.3 is 0 Å². The smallest absolute Gasteiger partial charge is 0.260 e. The number of carbonyl (C=O) groups excluding carboxylic acids is 1. The molecule has 0 radical (unpaired) electrons. The van der Waals surface area contributed by atoms with Gasteiger partial charge in [-0.3, -0.25) is 4.79 Å². The van der Waals surface area contributed by atoms with Gasteiger partial charge in [-0.1, -0.05) is 30.8 Å². The number of nitrogens with zero attached hydrogens (tertiary/aromatic N) is 2. The first kappa shape index (κ1) is 22.3. The van der Waals surface area contributed by atoms with Crippen LogP contribution in [0.4, 0.5) is 5.69 Å². The molecule has 0 aliphatic carbocycles. The maximum Gasteiger partial charge on any atom is 0.260 e. The SMILES string of the molecule is CCc1ccc(NC2NC(=O)/C(=C/c3cc(C)n(-c4sc(C)c(C)c4C#N)c3C)S2)cc1. The highest BCUT2D eigenvalue weighted by Gasteiger charge is 2.28. The van der Waals surface area contributed by atoms with E-state index < -0.39 is 0 Å². The van der Waals surface area contributed by atoms with E-state index in [-0.39, 0.29) is 11.4 Å². The Morgan fingerprint density at radius 3 is 2.59 bits per heavy atom. The number of carbonyl (C=O) groups is 1. The lowest BCUT2D eigenvalue weighted by molar-refractivity contribution is -0.116. The summed E-state index contributed by atoms with van der Waals surface area (Å²) in [4.78, 5) is 14.4. The number of aromatic nitrogens is 1. The zero-order valence-electron chi connectivity index (χ0n) is 18.9. The summed E-state index contributed by atoms with van der Waals surface area (Å²) in [5, 5.41) is 17.0. The van der Waals surface area contributed by atoms with E-state index in [0.717, 1.165) is 50.1 Å². The quantitative estimate of drug-likeness (QED) is 0.470. The molecule has 1 saturated heterocycles. The topological polar surface area (TPSA) is 69.8 Å². The number of thiophene rings is 1. The van der Waals surface area contributed by atoms with Crippen LogP contribution < -0.4 is 10.6 Å². The molecule has 1 atom stereocenters. The van der Waals surface area contributed by atoms with Gasteiger partial charge in [0.2, 0.25) is 0 Å². The van der Waals surface area contributed by atoms with E-state index in [9.17, 15) is 10.1 Å². The summed E-state index contributed by atoms with van der Waals surface area (Å²) in [6.45, 7) is 10.2. The van der Waals surface area contributed by atoms with Crippen molar-refractivity contribution in [1.82, 2.24) is 9.88 Å². The van der Waals surface area contributed by atoms with Crippen molar-refractivity contribution in [2.45, 2.75) is 46.5 Å². The van der Waals surface area contributed by atoms with E-state index in [2.05, 4.69) is 46.4 Å². The molecule has 1 aromatic carbocycles. The van der Waals surface area contributed by atoms with E-state index in [0.29, 0.717) is 4.91 Å².